The van der Waals surface area contributed by atoms with Gasteiger partial charge in [-0.1, -0.05) is 0 Å². The fourth-order valence-electron chi connectivity index (χ4n) is 2.46. The third-order valence-electron chi connectivity index (χ3n) is 3.70. The molecular formula is C14H21FN2O3S. The number of benzene rings is 1. The van der Waals surface area contributed by atoms with E-state index in [1.165, 1.54) is 22.5 Å². The van der Waals surface area contributed by atoms with Gasteiger partial charge in [0.2, 0.25) is 10.0 Å². The largest absolute Gasteiger partial charge is 0.383 e. The van der Waals surface area contributed by atoms with E-state index in [1.807, 2.05) is 0 Å². The van der Waals surface area contributed by atoms with Crippen LogP contribution in [0.2, 0.25) is 0 Å². The summed E-state index contributed by atoms with van der Waals surface area (Å²) in [4.78, 5) is 2.36. The molecule has 1 heterocycles. The van der Waals surface area contributed by atoms with Gasteiger partial charge in [-0.2, -0.15) is 4.31 Å². The molecule has 0 saturated carbocycles. The lowest BCUT2D eigenvalue weighted by molar-refractivity contribution is 0.123. The van der Waals surface area contributed by atoms with E-state index in [9.17, 15) is 12.8 Å². The van der Waals surface area contributed by atoms with Crippen molar-refractivity contribution in [3.63, 3.8) is 0 Å². The van der Waals surface area contributed by atoms with E-state index in [2.05, 4.69) is 4.90 Å². The predicted molar refractivity (Wildman–Crippen MR) is 78.2 cm³/mol. The average molecular weight is 316 g/mol. The first-order valence-electron chi connectivity index (χ1n) is 6.93. The van der Waals surface area contributed by atoms with Crippen LogP contribution < -0.4 is 0 Å². The van der Waals surface area contributed by atoms with Gasteiger partial charge in [-0.25, -0.2) is 12.8 Å². The molecule has 0 aliphatic carbocycles. The van der Waals surface area contributed by atoms with Crippen molar-refractivity contribution < 1.29 is 17.5 Å². The topological polar surface area (TPSA) is 49.9 Å². The Balaban J connectivity index is 2.08. The number of rotatable bonds is 5. The Kier molecular flexibility index (Phi) is 5.32. The lowest BCUT2D eigenvalue weighted by Crippen LogP contribution is -2.49. The molecule has 1 aromatic carbocycles. The van der Waals surface area contributed by atoms with Crippen molar-refractivity contribution in [2.45, 2.75) is 11.8 Å². The fraction of sp³-hybridized carbons (Fsp3) is 0.571. The van der Waals surface area contributed by atoms with Gasteiger partial charge >= 0.3 is 0 Å². The maximum atomic E-state index is 13.1. The zero-order valence-electron chi connectivity index (χ0n) is 12.4. The zero-order chi connectivity index (χ0) is 15.5. The first-order valence-corrected chi connectivity index (χ1v) is 8.37. The first-order chi connectivity index (χ1) is 9.95. The Morgan fingerprint density at radius 2 is 1.90 bits per heavy atom. The van der Waals surface area contributed by atoms with Crippen LogP contribution in [-0.2, 0) is 14.8 Å². The predicted octanol–water partition coefficient (Wildman–Crippen LogP) is 1.09. The van der Waals surface area contributed by atoms with Gasteiger partial charge in [-0.05, 0) is 30.7 Å². The Morgan fingerprint density at radius 3 is 2.48 bits per heavy atom. The monoisotopic (exact) mass is 316 g/mol. The number of piperazine rings is 1. The van der Waals surface area contributed by atoms with Gasteiger partial charge in [-0.3, -0.25) is 4.90 Å². The standard InChI is InChI=1S/C14H21FN2O3S/c1-12-11-13(15)3-4-14(12)21(18,19)17-7-5-16(6-8-17)9-10-20-2/h3-4,11H,5-10H2,1-2H3. The quantitative estimate of drug-likeness (QED) is 0.816. The van der Waals surface area contributed by atoms with E-state index in [1.54, 1.807) is 14.0 Å². The highest BCUT2D eigenvalue weighted by Crippen LogP contribution is 2.21. The molecule has 0 radical (unpaired) electrons. The average Bonchev–Trinajstić information content (AvgIpc) is 2.45. The number of hydrogen-bond donors (Lipinski definition) is 0. The molecule has 0 bridgehead atoms. The highest BCUT2D eigenvalue weighted by atomic mass is 32.2. The minimum absolute atomic E-state index is 0.189. The van der Waals surface area contributed by atoms with E-state index < -0.39 is 15.8 Å². The zero-order valence-corrected chi connectivity index (χ0v) is 13.2. The van der Waals surface area contributed by atoms with Crippen LogP contribution in [0.15, 0.2) is 23.1 Å². The van der Waals surface area contributed by atoms with Gasteiger partial charge in [-0.15, -0.1) is 0 Å². The van der Waals surface area contributed by atoms with Gasteiger partial charge in [0.05, 0.1) is 11.5 Å². The van der Waals surface area contributed by atoms with Crippen LogP contribution in [0.25, 0.3) is 0 Å². The van der Waals surface area contributed by atoms with E-state index >= 15 is 0 Å². The number of hydrogen-bond acceptors (Lipinski definition) is 4. The number of ether oxygens (including phenoxy) is 1. The minimum atomic E-state index is -3.54. The third-order valence-corrected chi connectivity index (χ3v) is 5.76. The van der Waals surface area contributed by atoms with Crippen LogP contribution >= 0.6 is 0 Å². The smallest absolute Gasteiger partial charge is 0.243 e. The van der Waals surface area contributed by atoms with Crippen molar-refractivity contribution in [1.82, 2.24) is 9.21 Å². The highest BCUT2D eigenvalue weighted by molar-refractivity contribution is 7.89. The number of halogens is 1. The van der Waals surface area contributed by atoms with E-state index in [4.69, 9.17) is 4.74 Å². The van der Waals surface area contributed by atoms with Crippen molar-refractivity contribution in [2.75, 3.05) is 46.4 Å². The second-order valence-corrected chi connectivity index (χ2v) is 7.05. The van der Waals surface area contributed by atoms with Crippen LogP contribution in [0.1, 0.15) is 5.56 Å². The second-order valence-electron chi connectivity index (χ2n) is 5.15. The highest BCUT2D eigenvalue weighted by Gasteiger charge is 2.29. The molecule has 0 N–H and O–H groups in total. The Hall–Kier alpha value is -1.02. The molecule has 1 aliphatic rings. The van der Waals surface area contributed by atoms with Crippen LogP contribution in [0.4, 0.5) is 4.39 Å². The molecular weight excluding hydrogens is 295 g/mol. The summed E-state index contributed by atoms with van der Waals surface area (Å²) in [6, 6.07) is 3.79. The summed E-state index contributed by atoms with van der Waals surface area (Å²) < 4.78 is 44.8. The van der Waals surface area contributed by atoms with Gasteiger partial charge in [0.1, 0.15) is 5.82 Å². The molecule has 1 aliphatic heterocycles. The summed E-state index contributed by atoms with van der Waals surface area (Å²) in [6.45, 7) is 5.33. The Morgan fingerprint density at radius 1 is 1.24 bits per heavy atom. The van der Waals surface area contributed by atoms with Crippen LogP contribution in [-0.4, -0.2) is 64.1 Å². The first kappa shape index (κ1) is 16.4. The lowest BCUT2D eigenvalue weighted by atomic mass is 10.2. The molecule has 21 heavy (non-hydrogen) atoms. The maximum Gasteiger partial charge on any atom is 0.243 e. The fourth-order valence-corrected chi connectivity index (χ4v) is 4.08. The molecule has 0 atom stereocenters. The molecule has 0 spiro atoms. The van der Waals surface area contributed by atoms with Crippen molar-refractivity contribution in [3.8, 4) is 0 Å². The van der Waals surface area contributed by atoms with Gasteiger partial charge in [0.15, 0.2) is 0 Å². The summed E-state index contributed by atoms with van der Waals surface area (Å²) in [5.41, 5.74) is 0.441. The van der Waals surface area contributed by atoms with Crippen molar-refractivity contribution in [1.29, 1.82) is 0 Å². The number of sulfonamides is 1. The SMILES string of the molecule is COCCN1CCN(S(=O)(=O)c2ccc(F)cc2C)CC1. The summed E-state index contributed by atoms with van der Waals surface area (Å²) in [6.07, 6.45) is 0. The van der Waals surface area contributed by atoms with Crippen molar-refractivity contribution in [3.05, 3.63) is 29.6 Å². The molecule has 5 nitrogen and oxygen atoms in total. The van der Waals surface area contributed by atoms with E-state index in [0.29, 0.717) is 38.3 Å². The molecule has 1 fully saturated rings. The minimum Gasteiger partial charge on any atom is -0.383 e. The van der Waals surface area contributed by atoms with Crippen LogP contribution in [0.5, 0.6) is 0 Å². The summed E-state index contributed by atoms with van der Waals surface area (Å²) in [5, 5.41) is 0. The number of nitrogens with zero attached hydrogens (tertiary/aromatic N) is 2. The molecule has 118 valence electrons. The van der Waals surface area contributed by atoms with Crippen LogP contribution in [0.3, 0.4) is 0 Å². The molecule has 7 heteroatoms. The summed E-state index contributed by atoms with van der Waals surface area (Å²) in [5.74, 6) is -0.421. The van der Waals surface area contributed by atoms with Crippen LogP contribution in [0, 0.1) is 12.7 Å². The molecule has 0 unspecified atom stereocenters. The molecule has 0 amide bonds. The Labute approximate surface area is 125 Å². The maximum absolute atomic E-state index is 13.1. The van der Waals surface area contributed by atoms with E-state index in [-0.39, 0.29) is 4.90 Å². The van der Waals surface area contributed by atoms with Gasteiger partial charge < -0.3 is 4.74 Å². The second kappa shape index (κ2) is 6.83. The Bertz CT molecular complexity index is 584. The number of aryl methyl sites for hydroxylation is 1. The van der Waals surface area contributed by atoms with Crippen molar-refractivity contribution >= 4 is 10.0 Å². The van der Waals surface area contributed by atoms with E-state index in [0.717, 1.165) is 6.54 Å². The molecule has 0 aromatic heterocycles. The van der Waals surface area contributed by atoms with Gasteiger partial charge in [0, 0.05) is 39.8 Å². The number of methoxy groups -OCH3 is 1. The molecule has 1 saturated heterocycles. The summed E-state index contributed by atoms with van der Waals surface area (Å²) >= 11 is 0. The van der Waals surface area contributed by atoms with Gasteiger partial charge in [0.25, 0.3) is 0 Å². The lowest BCUT2D eigenvalue weighted by Gasteiger charge is -2.34. The molecule has 1 aromatic rings. The molecule has 2 rings (SSSR count). The van der Waals surface area contributed by atoms with Crippen molar-refractivity contribution in [2.24, 2.45) is 0 Å². The third kappa shape index (κ3) is 3.79. The summed E-state index contributed by atoms with van der Waals surface area (Å²) in [7, 11) is -1.89. The normalized spacial score (nSPS) is 18.0.